The number of nitrogens with zero attached hydrogens (tertiary/aromatic N) is 1. The van der Waals surface area contributed by atoms with Crippen molar-refractivity contribution in [2.75, 3.05) is 37.4 Å². The van der Waals surface area contributed by atoms with Gasteiger partial charge in [0.25, 0.3) is 0 Å². The number of nitrogen functional groups attached to an aromatic ring is 1. The maximum atomic E-state index is 11.8. The fourth-order valence-electron chi connectivity index (χ4n) is 1.82. The first-order valence-corrected chi connectivity index (χ1v) is 6.85. The number of anilines is 2. The molecule has 0 aliphatic carbocycles. The number of ether oxygens (including phenoxy) is 2. The fraction of sp³-hybridized carbons (Fsp3) is 0.533. The van der Waals surface area contributed by atoms with Gasteiger partial charge < -0.3 is 20.1 Å². The van der Waals surface area contributed by atoms with Crippen molar-refractivity contribution in [3.8, 4) is 0 Å². The minimum atomic E-state index is -0.390. The monoisotopic (exact) mass is 280 g/mol. The molecule has 0 amide bonds. The highest BCUT2D eigenvalue weighted by Crippen LogP contribution is 2.26. The molecular formula is C15H24N2O3. The lowest BCUT2D eigenvalue weighted by molar-refractivity contribution is 0.0527. The van der Waals surface area contributed by atoms with Crippen molar-refractivity contribution in [2.24, 2.45) is 0 Å². The van der Waals surface area contributed by atoms with Gasteiger partial charge in [-0.1, -0.05) is 6.07 Å². The molecule has 0 aliphatic rings. The van der Waals surface area contributed by atoms with E-state index in [0.29, 0.717) is 31.0 Å². The number of carbonyl (C=O) groups is 1. The predicted octanol–water partition coefficient (Wildman–Crippen LogP) is 2.31. The number of nitrogens with two attached hydrogens (primary N) is 1. The Balaban J connectivity index is 2.80. The van der Waals surface area contributed by atoms with Gasteiger partial charge in [0, 0.05) is 13.6 Å². The van der Waals surface area contributed by atoms with E-state index in [1.807, 2.05) is 31.9 Å². The minimum absolute atomic E-state index is 0.201. The zero-order valence-corrected chi connectivity index (χ0v) is 12.7. The summed E-state index contributed by atoms with van der Waals surface area (Å²) < 4.78 is 10.5. The molecule has 2 N–H and O–H groups in total. The van der Waals surface area contributed by atoms with Crippen LogP contribution in [0.1, 0.15) is 31.1 Å². The highest BCUT2D eigenvalue weighted by molar-refractivity contribution is 5.98. The van der Waals surface area contributed by atoms with Crippen LogP contribution in [-0.4, -0.2) is 38.9 Å². The summed E-state index contributed by atoms with van der Waals surface area (Å²) in [6.07, 6.45) is 0.201. The summed E-state index contributed by atoms with van der Waals surface area (Å²) >= 11 is 0. The van der Waals surface area contributed by atoms with E-state index >= 15 is 0 Å². The Bertz CT molecular complexity index is 447. The Morgan fingerprint density at radius 3 is 2.70 bits per heavy atom. The first kappa shape index (κ1) is 16.3. The SMILES string of the molecule is CCOC(=O)c1cccc(N(C)CCOC(C)C)c1N. The third-order valence-corrected chi connectivity index (χ3v) is 2.87. The average molecular weight is 280 g/mol. The lowest BCUT2D eigenvalue weighted by Gasteiger charge is -2.22. The Hall–Kier alpha value is -1.75. The maximum Gasteiger partial charge on any atom is 0.340 e. The lowest BCUT2D eigenvalue weighted by Crippen LogP contribution is -2.25. The van der Waals surface area contributed by atoms with Crippen molar-refractivity contribution in [1.82, 2.24) is 0 Å². The average Bonchev–Trinajstić information content (AvgIpc) is 2.38. The smallest absolute Gasteiger partial charge is 0.340 e. The number of esters is 1. The molecule has 1 aromatic rings. The summed E-state index contributed by atoms with van der Waals surface area (Å²) in [4.78, 5) is 13.8. The highest BCUT2D eigenvalue weighted by atomic mass is 16.5. The van der Waals surface area contributed by atoms with E-state index in [0.717, 1.165) is 5.69 Å². The fourth-order valence-corrected chi connectivity index (χ4v) is 1.82. The number of rotatable bonds is 7. The molecule has 0 fully saturated rings. The second kappa shape index (κ2) is 7.75. The van der Waals surface area contributed by atoms with Crippen molar-refractivity contribution in [1.29, 1.82) is 0 Å². The maximum absolute atomic E-state index is 11.8. The van der Waals surface area contributed by atoms with E-state index in [1.54, 1.807) is 19.1 Å². The van der Waals surface area contributed by atoms with Crippen LogP contribution in [0.4, 0.5) is 11.4 Å². The summed E-state index contributed by atoms with van der Waals surface area (Å²) in [5.74, 6) is -0.390. The van der Waals surface area contributed by atoms with Gasteiger partial charge in [-0.05, 0) is 32.9 Å². The first-order valence-electron chi connectivity index (χ1n) is 6.85. The largest absolute Gasteiger partial charge is 0.462 e. The zero-order chi connectivity index (χ0) is 15.1. The van der Waals surface area contributed by atoms with E-state index in [4.69, 9.17) is 15.2 Å². The van der Waals surface area contributed by atoms with Gasteiger partial charge in [0.15, 0.2) is 0 Å². The predicted molar refractivity (Wildman–Crippen MR) is 81.2 cm³/mol. The van der Waals surface area contributed by atoms with Crippen molar-refractivity contribution in [3.63, 3.8) is 0 Å². The van der Waals surface area contributed by atoms with Gasteiger partial charge in [0.2, 0.25) is 0 Å². The molecule has 5 heteroatoms. The molecule has 0 unspecified atom stereocenters. The van der Waals surface area contributed by atoms with Crippen molar-refractivity contribution in [3.05, 3.63) is 23.8 Å². The molecule has 0 saturated heterocycles. The molecule has 5 nitrogen and oxygen atoms in total. The van der Waals surface area contributed by atoms with Crippen LogP contribution in [0.15, 0.2) is 18.2 Å². The van der Waals surface area contributed by atoms with Crippen LogP contribution in [-0.2, 0) is 9.47 Å². The quantitative estimate of drug-likeness (QED) is 0.613. The molecule has 0 saturated carbocycles. The molecule has 0 atom stereocenters. The van der Waals surface area contributed by atoms with E-state index in [2.05, 4.69) is 0 Å². The number of hydrogen-bond donors (Lipinski definition) is 1. The molecule has 20 heavy (non-hydrogen) atoms. The summed E-state index contributed by atoms with van der Waals surface area (Å²) in [5, 5.41) is 0. The van der Waals surface area contributed by atoms with Crippen LogP contribution >= 0.6 is 0 Å². The van der Waals surface area contributed by atoms with Gasteiger partial charge >= 0.3 is 5.97 Å². The zero-order valence-electron chi connectivity index (χ0n) is 12.7. The first-order chi connectivity index (χ1) is 9.47. The van der Waals surface area contributed by atoms with E-state index in [-0.39, 0.29) is 6.10 Å². The highest BCUT2D eigenvalue weighted by Gasteiger charge is 2.15. The molecule has 1 aromatic carbocycles. The second-order valence-corrected chi connectivity index (χ2v) is 4.80. The summed E-state index contributed by atoms with van der Waals surface area (Å²) in [7, 11) is 1.92. The van der Waals surface area contributed by atoms with Crippen LogP contribution in [0.25, 0.3) is 0 Å². The Morgan fingerprint density at radius 1 is 1.40 bits per heavy atom. The number of hydrogen-bond acceptors (Lipinski definition) is 5. The molecule has 0 aliphatic heterocycles. The topological polar surface area (TPSA) is 64.8 Å². The van der Waals surface area contributed by atoms with Crippen LogP contribution < -0.4 is 10.6 Å². The summed E-state index contributed by atoms with van der Waals surface area (Å²) in [6.45, 7) is 7.41. The molecule has 0 radical (unpaired) electrons. The molecule has 0 aromatic heterocycles. The van der Waals surface area contributed by atoms with Crippen molar-refractivity contribution >= 4 is 17.3 Å². The van der Waals surface area contributed by atoms with Gasteiger partial charge in [-0.15, -0.1) is 0 Å². The van der Waals surface area contributed by atoms with E-state index in [9.17, 15) is 4.79 Å². The number of para-hydroxylation sites is 1. The number of carbonyl (C=O) groups excluding carboxylic acids is 1. The minimum Gasteiger partial charge on any atom is -0.462 e. The standard InChI is InChI=1S/C15H24N2O3/c1-5-19-15(18)12-7-6-8-13(14(12)16)17(4)9-10-20-11(2)3/h6-8,11H,5,9-10,16H2,1-4H3. The normalized spacial score (nSPS) is 10.7. The number of likely N-dealkylation sites (N-methyl/N-ethyl adjacent to an activating group) is 1. The van der Waals surface area contributed by atoms with Gasteiger partial charge in [0.1, 0.15) is 0 Å². The van der Waals surface area contributed by atoms with Gasteiger partial charge in [-0.25, -0.2) is 4.79 Å². The Kier molecular flexibility index (Phi) is 6.31. The van der Waals surface area contributed by atoms with Gasteiger partial charge in [-0.2, -0.15) is 0 Å². The third-order valence-electron chi connectivity index (χ3n) is 2.87. The molecule has 0 heterocycles. The molecule has 0 bridgehead atoms. The number of benzene rings is 1. The van der Waals surface area contributed by atoms with Crippen molar-refractivity contribution in [2.45, 2.75) is 26.9 Å². The van der Waals surface area contributed by atoms with Crippen LogP contribution in [0, 0.1) is 0 Å². The van der Waals surface area contributed by atoms with Gasteiger partial charge in [0.05, 0.1) is 36.3 Å². The molecule has 112 valence electrons. The lowest BCUT2D eigenvalue weighted by atomic mass is 10.1. The molecule has 0 spiro atoms. The Morgan fingerprint density at radius 2 is 2.10 bits per heavy atom. The molecule has 1 rings (SSSR count). The molecular weight excluding hydrogens is 256 g/mol. The van der Waals surface area contributed by atoms with E-state index in [1.165, 1.54) is 0 Å². The van der Waals surface area contributed by atoms with Crippen LogP contribution in [0.3, 0.4) is 0 Å². The second-order valence-electron chi connectivity index (χ2n) is 4.80. The Labute approximate surface area is 120 Å². The summed E-state index contributed by atoms with van der Waals surface area (Å²) in [5.41, 5.74) is 7.72. The van der Waals surface area contributed by atoms with Crippen molar-refractivity contribution < 1.29 is 14.3 Å². The van der Waals surface area contributed by atoms with Gasteiger partial charge in [-0.3, -0.25) is 0 Å². The van der Waals surface area contributed by atoms with Crippen LogP contribution in [0.2, 0.25) is 0 Å². The van der Waals surface area contributed by atoms with E-state index < -0.39 is 5.97 Å². The van der Waals surface area contributed by atoms with Crippen LogP contribution in [0.5, 0.6) is 0 Å². The summed E-state index contributed by atoms with van der Waals surface area (Å²) in [6, 6.07) is 5.36. The third kappa shape index (κ3) is 4.42.